The van der Waals surface area contributed by atoms with Crippen molar-refractivity contribution in [2.75, 3.05) is 10.6 Å². The Morgan fingerprint density at radius 2 is 1.48 bits per heavy atom. The number of hydrogen-bond acceptors (Lipinski definition) is 4. The fraction of sp³-hybridized carbons (Fsp3) is 0.0909. The molecule has 0 unspecified atom stereocenters. The van der Waals surface area contributed by atoms with Crippen LogP contribution in [0.15, 0.2) is 72.8 Å². The maximum atomic E-state index is 12.6. The van der Waals surface area contributed by atoms with E-state index in [4.69, 9.17) is 27.9 Å². The lowest BCUT2D eigenvalue weighted by Gasteiger charge is -2.16. The van der Waals surface area contributed by atoms with Gasteiger partial charge in [0.1, 0.15) is 0 Å². The van der Waals surface area contributed by atoms with Crippen LogP contribution >= 0.6 is 23.2 Å². The van der Waals surface area contributed by atoms with Crippen LogP contribution in [0.4, 0.5) is 17.1 Å². The maximum absolute atomic E-state index is 12.6. The lowest BCUT2D eigenvalue weighted by molar-refractivity contribution is -0.123. The summed E-state index contributed by atoms with van der Waals surface area (Å²) in [5.41, 5.74) is 2.15. The standard InChI is InChI=1S/C22H18Cl2N2O3/c1-14(21(27)26-18-12-15(23)11-16(24)13-18)29-22(28)19-9-5-6-10-20(19)25-17-7-3-2-4-8-17/h2-14,25H,1H3,(H,26,27)/t14-/m1/s1. The van der Waals surface area contributed by atoms with Crippen molar-refractivity contribution in [3.8, 4) is 0 Å². The van der Waals surface area contributed by atoms with Crippen LogP contribution in [0.25, 0.3) is 0 Å². The predicted molar refractivity (Wildman–Crippen MR) is 116 cm³/mol. The number of benzene rings is 3. The van der Waals surface area contributed by atoms with Gasteiger partial charge in [-0.3, -0.25) is 4.79 Å². The highest BCUT2D eigenvalue weighted by molar-refractivity contribution is 6.35. The van der Waals surface area contributed by atoms with Crippen molar-refractivity contribution in [2.24, 2.45) is 0 Å². The number of anilines is 3. The van der Waals surface area contributed by atoms with Crippen LogP contribution in [0.3, 0.4) is 0 Å². The maximum Gasteiger partial charge on any atom is 0.341 e. The molecule has 148 valence electrons. The molecule has 29 heavy (non-hydrogen) atoms. The van der Waals surface area contributed by atoms with E-state index in [-0.39, 0.29) is 0 Å². The third kappa shape index (κ3) is 5.73. The zero-order valence-electron chi connectivity index (χ0n) is 15.5. The summed E-state index contributed by atoms with van der Waals surface area (Å²) in [5.74, 6) is -1.11. The fourth-order valence-electron chi connectivity index (χ4n) is 2.59. The minimum absolute atomic E-state index is 0.321. The number of ether oxygens (including phenoxy) is 1. The smallest absolute Gasteiger partial charge is 0.341 e. The average molecular weight is 429 g/mol. The minimum Gasteiger partial charge on any atom is -0.449 e. The van der Waals surface area contributed by atoms with E-state index in [2.05, 4.69) is 10.6 Å². The van der Waals surface area contributed by atoms with E-state index < -0.39 is 18.0 Å². The third-order valence-electron chi connectivity index (χ3n) is 3.98. The molecule has 0 heterocycles. The highest BCUT2D eigenvalue weighted by Crippen LogP contribution is 2.24. The van der Waals surface area contributed by atoms with Gasteiger partial charge >= 0.3 is 5.97 Å². The van der Waals surface area contributed by atoms with Crippen molar-refractivity contribution in [3.05, 3.63) is 88.4 Å². The summed E-state index contributed by atoms with van der Waals surface area (Å²) < 4.78 is 5.35. The summed E-state index contributed by atoms with van der Waals surface area (Å²) in [7, 11) is 0. The molecule has 0 saturated heterocycles. The van der Waals surface area contributed by atoms with Crippen molar-refractivity contribution in [1.29, 1.82) is 0 Å². The first-order valence-electron chi connectivity index (χ1n) is 8.81. The highest BCUT2D eigenvalue weighted by Gasteiger charge is 2.21. The molecule has 0 aromatic heterocycles. The molecule has 0 fully saturated rings. The Hall–Kier alpha value is -3.02. The largest absolute Gasteiger partial charge is 0.449 e. The first-order chi connectivity index (χ1) is 13.9. The quantitative estimate of drug-likeness (QED) is 0.478. The van der Waals surface area contributed by atoms with Gasteiger partial charge in [-0.2, -0.15) is 0 Å². The second-order valence-corrected chi connectivity index (χ2v) is 7.10. The number of para-hydroxylation sites is 2. The molecule has 0 saturated carbocycles. The van der Waals surface area contributed by atoms with Crippen molar-refractivity contribution >= 4 is 52.1 Å². The molecular formula is C22H18Cl2N2O3. The number of amides is 1. The van der Waals surface area contributed by atoms with E-state index in [1.165, 1.54) is 6.92 Å². The van der Waals surface area contributed by atoms with Crippen molar-refractivity contribution in [2.45, 2.75) is 13.0 Å². The average Bonchev–Trinajstić information content (AvgIpc) is 2.68. The van der Waals surface area contributed by atoms with Crippen LogP contribution in [0, 0.1) is 0 Å². The minimum atomic E-state index is -1.02. The fourth-order valence-corrected chi connectivity index (χ4v) is 3.12. The monoisotopic (exact) mass is 428 g/mol. The van der Waals surface area contributed by atoms with Gasteiger partial charge in [-0.05, 0) is 49.4 Å². The van der Waals surface area contributed by atoms with E-state index in [0.717, 1.165) is 5.69 Å². The topological polar surface area (TPSA) is 67.4 Å². The van der Waals surface area contributed by atoms with Crippen LogP contribution in [0.1, 0.15) is 17.3 Å². The number of esters is 1. The van der Waals surface area contributed by atoms with Gasteiger partial charge in [-0.1, -0.05) is 53.5 Å². The van der Waals surface area contributed by atoms with Crippen LogP contribution in [0.2, 0.25) is 10.0 Å². The Bertz CT molecular complexity index is 1010. The molecule has 2 N–H and O–H groups in total. The number of halogens is 2. The van der Waals surface area contributed by atoms with Gasteiger partial charge in [0.2, 0.25) is 0 Å². The SMILES string of the molecule is C[C@@H](OC(=O)c1ccccc1Nc1ccccc1)C(=O)Nc1cc(Cl)cc(Cl)c1. The van der Waals surface area contributed by atoms with Crippen LogP contribution < -0.4 is 10.6 Å². The molecule has 3 rings (SSSR count). The molecule has 0 aliphatic rings. The van der Waals surface area contributed by atoms with Gasteiger partial charge in [0.25, 0.3) is 5.91 Å². The molecule has 1 amide bonds. The summed E-state index contributed by atoms with van der Waals surface area (Å²) in [6.45, 7) is 1.49. The van der Waals surface area contributed by atoms with Crippen LogP contribution in [-0.2, 0) is 9.53 Å². The molecular weight excluding hydrogens is 411 g/mol. The van der Waals surface area contributed by atoms with Crippen LogP contribution in [0.5, 0.6) is 0 Å². The molecule has 1 atom stereocenters. The molecule has 5 nitrogen and oxygen atoms in total. The van der Waals surface area contributed by atoms with Gasteiger partial charge in [-0.25, -0.2) is 4.79 Å². The summed E-state index contributed by atoms with van der Waals surface area (Å²) in [6, 6.07) is 21.0. The van der Waals surface area contributed by atoms with Gasteiger partial charge < -0.3 is 15.4 Å². The second kappa shape index (κ2) is 9.45. The molecule has 0 aliphatic heterocycles. The third-order valence-corrected chi connectivity index (χ3v) is 4.42. The van der Waals surface area contributed by atoms with E-state index in [1.54, 1.807) is 42.5 Å². The first kappa shape index (κ1) is 20.7. The molecule has 0 bridgehead atoms. The molecule has 0 aliphatic carbocycles. The number of nitrogens with one attached hydrogen (secondary N) is 2. The zero-order valence-corrected chi connectivity index (χ0v) is 17.0. The van der Waals surface area contributed by atoms with Crippen molar-refractivity contribution in [3.63, 3.8) is 0 Å². The van der Waals surface area contributed by atoms with Crippen LogP contribution in [-0.4, -0.2) is 18.0 Å². The van der Waals surface area contributed by atoms with E-state index in [9.17, 15) is 9.59 Å². The number of carbonyl (C=O) groups is 2. The van der Waals surface area contributed by atoms with Gasteiger partial charge in [0.15, 0.2) is 6.10 Å². The Morgan fingerprint density at radius 3 is 2.17 bits per heavy atom. The molecule has 0 radical (unpaired) electrons. The Kier molecular flexibility index (Phi) is 6.75. The molecule has 3 aromatic carbocycles. The lowest BCUT2D eigenvalue weighted by Crippen LogP contribution is -2.30. The predicted octanol–water partition coefficient (Wildman–Crippen LogP) is 5.92. The van der Waals surface area contributed by atoms with Crippen molar-refractivity contribution in [1.82, 2.24) is 0 Å². The Morgan fingerprint density at radius 1 is 0.862 bits per heavy atom. The van der Waals surface area contributed by atoms with Gasteiger partial charge in [-0.15, -0.1) is 0 Å². The number of rotatable bonds is 6. The molecule has 3 aromatic rings. The lowest BCUT2D eigenvalue weighted by atomic mass is 10.1. The Labute approximate surface area is 178 Å². The highest BCUT2D eigenvalue weighted by atomic mass is 35.5. The zero-order chi connectivity index (χ0) is 20.8. The summed E-state index contributed by atoms with van der Waals surface area (Å²) >= 11 is 11.9. The summed E-state index contributed by atoms with van der Waals surface area (Å²) in [4.78, 5) is 25.0. The summed E-state index contributed by atoms with van der Waals surface area (Å²) in [6.07, 6.45) is -1.02. The molecule has 0 spiro atoms. The van der Waals surface area contributed by atoms with E-state index in [0.29, 0.717) is 27.0 Å². The van der Waals surface area contributed by atoms with E-state index >= 15 is 0 Å². The first-order valence-corrected chi connectivity index (χ1v) is 9.57. The molecule has 7 heteroatoms. The Balaban J connectivity index is 1.68. The summed E-state index contributed by atoms with van der Waals surface area (Å²) in [5, 5.41) is 6.59. The second-order valence-electron chi connectivity index (χ2n) is 6.23. The number of hydrogen-bond donors (Lipinski definition) is 2. The number of carbonyl (C=O) groups excluding carboxylic acids is 2. The van der Waals surface area contributed by atoms with Gasteiger partial charge in [0.05, 0.1) is 11.3 Å². The van der Waals surface area contributed by atoms with Gasteiger partial charge in [0, 0.05) is 21.4 Å². The van der Waals surface area contributed by atoms with E-state index in [1.807, 2.05) is 30.3 Å². The van der Waals surface area contributed by atoms with Crippen molar-refractivity contribution < 1.29 is 14.3 Å². The normalized spacial score (nSPS) is 11.4.